The molecule has 0 spiro atoms. The molecule has 158 valence electrons. The summed E-state index contributed by atoms with van der Waals surface area (Å²) < 4.78 is 27.0. The zero-order valence-electron chi connectivity index (χ0n) is 17.3. The SMILES string of the molecule is COc1ccc(/C(C[C@@H](O)COCc2ccccc2)=N/[S@@](=O)C(C)(C)C)c(O)c1. The quantitative estimate of drug-likeness (QED) is 0.606. The van der Waals surface area contributed by atoms with Crippen LogP contribution in [0.15, 0.2) is 52.9 Å². The summed E-state index contributed by atoms with van der Waals surface area (Å²) in [6, 6.07) is 14.5. The van der Waals surface area contributed by atoms with Crippen LogP contribution in [0.1, 0.15) is 38.3 Å². The van der Waals surface area contributed by atoms with Crippen molar-refractivity contribution in [1.82, 2.24) is 0 Å². The molecular weight excluding hydrogens is 390 g/mol. The van der Waals surface area contributed by atoms with Gasteiger partial charge in [0.15, 0.2) is 0 Å². The average molecular weight is 420 g/mol. The Bertz CT molecular complexity index is 846. The highest BCUT2D eigenvalue weighted by molar-refractivity contribution is 7.85. The first-order valence-electron chi connectivity index (χ1n) is 9.37. The van der Waals surface area contributed by atoms with E-state index < -0.39 is 21.8 Å². The monoisotopic (exact) mass is 419 g/mol. The van der Waals surface area contributed by atoms with Gasteiger partial charge in [-0.2, -0.15) is 4.40 Å². The van der Waals surface area contributed by atoms with Gasteiger partial charge in [-0.25, -0.2) is 4.21 Å². The number of methoxy groups -OCH3 is 1. The van der Waals surface area contributed by atoms with Gasteiger partial charge in [0.1, 0.15) is 22.5 Å². The highest BCUT2D eigenvalue weighted by Crippen LogP contribution is 2.26. The molecule has 2 atom stereocenters. The van der Waals surface area contributed by atoms with E-state index in [4.69, 9.17) is 9.47 Å². The molecule has 2 rings (SSSR count). The molecule has 7 heteroatoms. The lowest BCUT2D eigenvalue weighted by Crippen LogP contribution is -2.24. The minimum Gasteiger partial charge on any atom is -0.507 e. The number of phenols is 1. The van der Waals surface area contributed by atoms with Crippen LogP contribution < -0.4 is 4.74 Å². The van der Waals surface area contributed by atoms with Crippen LogP contribution in [0.4, 0.5) is 0 Å². The normalized spacial score (nSPS) is 14.4. The summed E-state index contributed by atoms with van der Waals surface area (Å²) in [5.74, 6) is 0.445. The Labute approximate surface area is 174 Å². The topological polar surface area (TPSA) is 88.4 Å². The van der Waals surface area contributed by atoms with Crippen LogP contribution in [0.2, 0.25) is 0 Å². The molecule has 0 radical (unpaired) electrons. The zero-order chi connectivity index (χ0) is 21.4. The van der Waals surface area contributed by atoms with E-state index >= 15 is 0 Å². The minimum atomic E-state index is -1.54. The van der Waals surface area contributed by atoms with E-state index in [1.807, 2.05) is 51.1 Å². The third kappa shape index (κ3) is 7.27. The molecule has 0 bridgehead atoms. The van der Waals surface area contributed by atoms with Crippen molar-refractivity contribution in [2.45, 2.75) is 44.6 Å². The van der Waals surface area contributed by atoms with Gasteiger partial charge in [-0.1, -0.05) is 30.3 Å². The fraction of sp³-hybridized carbons (Fsp3) is 0.409. The molecule has 0 heterocycles. The smallest absolute Gasteiger partial charge is 0.145 e. The van der Waals surface area contributed by atoms with Crippen molar-refractivity contribution in [3.63, 3.8) is 0 Å². The van der Waals surface area contributed by atoms with Crippen LogP contribution in [-0.2, 0) is 22.3 Å². The van der Waals surface area contributed by atoms with Gasteiger partial charge in [-0.15, -0.1) is 0 Å². The van der Waals surface area contributed by atoms with Crippen LogP contribution in [0, 0.1) is 0 Å². The lowest BCUT2D eigenvalue weighted by atomic mass is 10.0. The van der Waals surface area contributed by atoms with Gasteiger partial charge in [0, 0.05) is 18.1 Å². The molecule has 0 saturated carbocycles. The summed E-state index contributed by atoms with van der Waals surface area (Å²) in [6.07, 6.45) is -0.771. The van der Waals surface area contributed by atoms with Gasteiger partial charge in [0.05, 0.1) is 36.9 Å². The number of benzene rings is 2. The van der Waals surface area contributed by atoms with Crippen molar-refractivity contribution >= 4 is 16.7 Å². The Morgan fingerprint density at radius 1 is 1.17 bits per heavy atom. The van der Waals surface area contributed by atoms with E-state index in [1.54, 1.807) is 12.1 Å². The van der Waals surface area contributed by atoms with Crippen molar-refractivity contribution in [3.8, 4) is 11.5 Å². The number of rotatable bonds is 9. The number of hydrogen-bond acceptors (Lipinski definition) is 5. The van der Waals surface area contributed by atoms with Gasteiger partial charge in [0.2, 0.25) is 0 Å². The number of ether oxygens (including phenoxy) is 2. The van der Waals surface area contributed by atoms with E-state index in [0.29, 0.717) is 23.6 Å². The van der Waals surface area contributed by atoms with Gasteiger partial charge < -0.3 is 19.7 Å². The van der Waals surface area contributed by atoms with Crippen molar-refractivity contribution in [2.75, 3.05) is 13.7 Å². The summed E-state index contributed by atoms with van der Waals surface area (Å²) in [4.78, 5) is 0. The van der Waals surface area contributed by atoms with Crippen LogP contribution in [0.3, 0.4) is 0 Å². The van der Waals surface area contributed by atoms with E-state index in [2.05, 4.69) is 4.40 Å². The van der Waals surface area contributed by atoms with Crippen molar-refractivity contribution in [1.29, 1.82) is 0 Å². The number of hydrogen-bond donors (Lipinski definition) is 2. The predicted molar refractivity (Wildman–Crippen MR) is 116 cm³/mol. The minimum absolute atomic E-state index is 0.0496. The fourth-order valence-corrected chi connectivity index (χ4v) is 3.13. The van der Waals surface area contributed by atoms with Gasteiger partial charge in [-0.3, -0.25) is 0 Å². The average Bonchev–Trinajstić information content (AvgIpc) is 2.67. The number of aromatic hydroxyl groups is 1. The molecule has 2 aromatic carbocycles. The molecule has 0 aliphatic rings. The molecule has 29 heavy (non-hydrogen) atoms. The third-order valence-electron chi connectivity index (χ3n) is 4.08. The Morgan fingerprint density at radius 3 is 2.45 bits per heavy atom. The highest BCUT2D eigenvalue weighted by Gasteiger charge is 2.22. The van der Waals surface area contributed by atoms with E-state index in [-0.39, 0.29) is 18.8 Å². The summed E-state index contributed by atoms with van der Waals surface area (Å²) >= 11 is 0. The largest absolute Gasteiger partial charge is 0.507 e. The Balaban J connectivity index is 2.15. The first-order valence-corrected chi connectivity index (χ1v) is 10.5. The summed E-state index contributed by atoms with van der Waals surface area (Å²) in [5.41, 5.74) is 1.77. The Morgan fingerprint density at radius 2 is 1.86 bits per heavy atom. The van der Waals surface area contributed by atoms with Crippen LogP contribution in [-0.4, -0.2) is 44.7 Å². The molecule has 0 aromatic heterocycles. The summed E-state index contributed by atoms with van der Waals surface area (Å²) in [6.45, 7) is 5.92. The number of aliphatic hydroxyl groups is 1. The number of phenolic OH excluding ortho intramolecular Hbond substituents is 1. The van der Waals surface area contributed by atoms with Crippen molar-refractivity contribution < 1.29 is 23.9 Å². The maximum atomic E-state index is 12.6. The molecule has 0 aliphatic carbocycles. The zero-order valence-corrected chi connectivity index (χ0v) is 18.1. The molecular formula is C22H29NO5S. The molecule has 2 N–H and O–H groups in total. The molecule has 6 nitrogen and oxygen atoms in total. The molecule has 2 aromatic rings. The number of nitrogens with zero attached hydrogens (tertiary/aromatic N) is 1. The fourth-order valence-electron chi connectivity index (χ4n) is 2.49. The number of aliphatic hydroxyl groups excluding tert-OH is 1. The Hall–Kier alpha value is -2.22. The molecule has 0 amide bonds. The van der Waals surface area contributed by atoms with Crippen LogP contribution in [0.25, 0.3) is 0 Å². The molecule has 0 saturated heterocycles. The molecule has 0 aliphatic heterocycles. The van der Waals surface area contributed by atoms with Gasteiger partial charge in [0.25, 0.3) is 0 Å². The lowest BCUT2D eigenvalue weighted by molar-refractivity contribution is 0.0322. The first kappa shape index (κ1) is 23.1. The summed E-state index contributed by atoms with van der Waals surface area (Å²) in [7, 11) is -0.0356. The second-order valence-corrected chi connectivity index (χ2v) is 9.55. The lowest BCUT2D eigenvalue weighted by Gasteiger charge is -2.18. The van der Waals surface area contributed by atoms with Gasteiger partial charge >= 0.3 is 0 Å². The van der Waals surface area contributed by atoms with E-state index in [1.165, 1.54) is 13.2 Å². The van der Waals surface area contributed by atoms with Crippen LogP contribution >= 0.6 is 0 Å². The van der Waals surface area contributed by atoms with Crippen molar-refractivity contribution in [2.24, 2.45) is 4.40 Å². The van der Waals surface area contributed by atoms with Crippen molar-refractivity contribution in [3.05, 3.63) is 59.7 Å². The second-order valence-electron chi connectivity index (χ2n) is 7.64. The van der Waals surface area contributed by atoms with E-state index in [9.17, 15) is 14.4 Å². The van der Waals surface area contributed by atoms with Gasteiger partial charge in [-0.05, 0) is 38.5 Å². The predicted octanol–water partition coefficient (Wildman–Crippen LogP) is 3.62. The second kappa shape index (κ2) is 10.5. The Kier molecular flexibility index (Phi) is 8.37. The first-order chi connectivity index (χ1) is 13.7. The molecule has 0 fully saturated rings. The molecule has 0 unspecified atom stereocenters. The maximum Gasteiger partial charge on any atom is 0.145 e. The standard InChI is InChI=1S/C22H29NO5S/c1-22(2,3)29(26)23-20(19-11-10-18(27-4)13-21(19)25)12-17(24)15-28-14-16-8-6-5-7-9-16/h5-11,13,17,24-25H,12,14-15H2,1-4H3/b23-20+/t17-,29+/m1/s1. The van der Waals surface area contributed by atoms with E-state index in [0.717, 1.165) is 5.56 Å². The third-order valence-corrected chi connectivity index (χ3v) is 5.52. The highest BCUT2D eigenvalue weighted by atomic mass is 32.2. The van der Waals surface area contributed by atoms with Crippen LogP contribution in [0.5, 0.6) is 11.5 Å². The maximum absolute atomic E-state index is 12.6. The summed E-state index contributed by atoms with van der Waals surface area (Å²) in [5, 5.41) is 20.8.